The van der Waals surface area contributed by atoms with Crippen LogP contribution in [0.2, 0.25) is 5.02 Å². The van der Waals surface area contributed by atoms with Crippen LogP contribution in [0.15, 0.2) is 76.3 Å². The number of aryl methyl sites for hydroxylation is 1. The monoisotopic (exact) mass is 463 g/mol. The van der Waals surface area contributed by atoms with E-state index in [1.807, 2.05) is 30.3 Å². The molecule has 0 N–H and O–H groups in total. The maximum atomic E-state index is 13.0. The summed E-state index contributed by atoms with van der Waals surface area (Å²) < 4.78 is 2.42. The molecule has 0 fully saturated rings. The summed E-state index contributed by atoms with van der Waals surface area (Å²) in [5.41, 5.74) is 0.216. The van der Waals surface area contributed by atoms with E-state index in [0.717, 1.165) is 10.1 Å². The van der Waals surface area contributed by atoms with E-state index in [0.29, 0.717) is 21.6 Å². The molecule has 1 heterocycles. The third-order valence-corrected chi connectivity index (χ3v) is 5.64. The molecule has 166 valence electrons. The molecule has 0 radical (unpaired) electrons. The average Bonchev–Trinajstić information content (AvgIpc) is 2.80. The van der Waals surface area contributed by atoms with Gasteiger partial charge in [-0.25, -0.2) is 0 Å². The van der Waals surface area contributed by atoms with Crippen molar-refractivity contribution in [2.45, 2.75) is 20.0 Å². The molecule has 0 saturated heterocycles. The van der Waals surface area contributed by atoms with Gasteiger partial charge in [0.05, 0.1) is 29.0 Å². The second kappa shape index (κ2) is 8.84. The van der Waals surface area contributed by atoms with Gasteiger partial charge in [-0.05, 0) is 30.7 Å². The third-order valence-electron chi connectivity index (χ3n) is 5.41. The number of aromatic nitrogens is 2. The standard InChI is InChI=1S/C24H18ClN3O5/c1-15-7-8-17(11-20(15)28(32)33)22(29)14-27-21-12-18(25)9-10-19(21)26(23(30)24(27)31)13-16-5-3-2-4-6-16/h2-12H,13-14H2,1H3. The van der Waals surface area contributed by atoms with E-state index < -0.39 is 28.4 Å². The first-order chi connectivity index (χ1) is 15.8. The van der Waals surface area contributed by atoms with Gasteiger partial charge in [-0.2, -0.15) is 0 Å². The Morgan fingerprint density at radius 3 is 2.33 bits per heavy atom. The van der Waals surface area contributed by atoms with E-state index in [9.17, 15) is 24.5 Å². The molecule has 0 aliphatic rings. The molecule has 3 aromatic carbocycles. The second-order valence-electron chi connectivity index (χ2n) is 7.58. The molecule has 0 bridgehead atoms. The average molecular weight is 464 g/mol. The van der Waals surface area contributed by atoms with Crippen LogP contribution in [0, 0.1) is 17.0 Å². The fourth-order valence-electron chi connectivity index (χ4n) is 3.69. The molecule has 4 rings (SSSR count). The molecule has 4 aromatic rings. The van der Waals surface area contributed by atoms with Crippen LogP contribution in [0.5, 0.6) is 0 Å². The molecule has 0 aliphatic carbocycles. The lowest BCUT2D eigenvalue weighted by Gasteiger charge is -2.15. The largest absolute Gasteiger partial charge is 0.317 e. The van der Waals surface area contributed by atoms with Gasteiger partial charge in [0, 0.05) is 22.2 Å². The number of nitro benzene ring substituents is 1. The lowest BCUT2D eigenvalue weighted by atomic mass is 10.1. The predicted octanol–water partition coefficient (Wildman–Crippen LogP) is 3.96. The number of hydrogen-bond acceptors (Lipinski definition) is 5. The quantitative estimate of drug-likeness (QED) is 0.186. The molecular formula is C24H18ClN3O5. The Hall–Kier alpha value is -4.04. The topological polar surface area (TPSA) is 104 Å². The van der Waals surface area contributed by atoms with Crippen molar-refractivity contribution in [1.29, 1.82) is 0 Å². The SMILES string of the molecule is Cc1ccc(C(=O)Cn2c(=O)c(=O)n(Cc3ccccc3)c3ccc(Cl)cc32)cc1[N+](=O)[O-]. The number of carbonyl (C=O) groups is 1. The van der Waals surface area contributed by atoms with Gasteiger partial charge >= 0.3 is 11.1 Å². The Morgan fingerprint density at radius 1 is 0.939 bits per heavy atom. The van der Waals surface area contributed by atoms with Crippen LogP contribution in [0.25, 0.3) is 11.0 Å². The van der Waals surface area contributed by atoms with Crippen molar-refractivity contribution < 1.29 is 9.72 Å². The molecule has 0 atom stereocenters. The van der Waals surface area contributed by atoms with E-state index in [1.54, 1.807) is 19.1 Å². The predicted molar refractivity (Wildman–Crippen MR) is 125 cm³/mol. The van der Waals surface area contributed by atoms with Gasteiger partial charge in [-0.15, -0.1) is 0 Å². The van der Waals surface area contributed by atoms with Gasteiger partial charge in [0.2, 0.25) is 0 Å². The maximum absolute atomic E-state index is 13.0. The fourth-order valence-corrected chi connectivity index (χ4v) is 3.85. The number of rotatable bonds is 6. The Morgan fingerprint density at radius 2 is 1.64 bits per heavy atom. The zero-order chi connectivity index (χ0) is 23.7. The van der Waals surface area contributed by atoms with Gasteiger partial charge in [0.15, 0.2) is 5.78 Å². The zero-order valence-electron chi connectivity index (χ0n) is 17.5. The fraction of sp³-hybridized carbons (Fsp3) is 0.125. The number of fused-ring (bicyclic) bond motifs is 1. The van der Waals surface area contributed by atoms with Crippen molar-refractivity contribution >= 4 is 34.1 Å². The molecule has 0 amide bonds. The smallest absolute Gasteiger partial charge is 0.298 e. The van der Waals surface area contributed by atoms with Gasteiger partial charge in [0.1, 0.15) is 0 Å². The number of benzene rings is 3. The first-order valence-corrected chi connectivity index (χ1v) is 10.4. The number of Topliss-reactive ketones (excluding diaryl/α,β-unsaturated/α-hetero) is 1. The minimum Gasteiger partial charge on any atom is -0.298 e. The minimum absolute atomic E-state index is 0.0721. The highest BCUT2D eigenvalue weighted by Gasteiger charge is 2.19. The number of carbonyl (C=O) groups excluding carboxylic acids is 1. The first kappa shape index (κ1) is 22.2. The van der Waals surface area contributed by atoms with Crippen molar-refractivity contribution in [2.75, 3.05) is 0 Å². The van der Waals surface area contributed by atoms with Crippen LogP contribution >= 0.6 is 11.6 Å². The van der Waals surface area contributed by atoms with E-state index in [-0.39, 0.29) is 17.8 Å². The van der Waals surface area contributed by atoms with Crippen molar-refractivity contribution in [1.82, 2.24) is 9.13 Å². The van der Waals surface area contributed by atoms with Crippen LogP contribution < -0.4 is 11.1 Å². The van der Waals surface area contributed by atoms with Crippen molar-refractivity contribution in [3.05, 3.63) is 119 Å². The third kappa shape index (κ3) is 4.33. The van der Waals surface area contributed by atoms with E-state index >= 15 is 0 Å². The maximum Gasteiger partial charge on any atom is 0.317 e. The number of nitro groups is 1. The van der Waals surface area contributed by atoms with Crippen LogP contribution in [0.1, 0.15) is 21.5 Å². The lowest BCUT2D eigenvalue weighted by molar-refractivity contribution is -0.385. The Bertz CT molecular complexity index is 1520. The summed E-state index contributed by atoms with van der Waals surface area (Å²) in [6.45, 7) is 1.28. The number of halogens is 1. The molecule has 0 saturated carbocycles. The highest BCUT2D eigenvalue weighted by Crippen LogP contribution is 2.21. The summed E-state index contributed by atoms with van der Waals surface area (Å²) >= 11 is 6.16. The number of hydrogen-bond donors (Lipinski definition) is 0. The van der Waals surface area contributed by atoms with Crippen molar-refractivity contribution in [3.8, 4) is 0 Å². The van der Waals surface area contributed by atoms with Crippen LogP contribution in [-0.2, 0) is 13.1 Å². The normalized spacial score (nSPS) is 11.0. The highest BCUT2D eigenvalue weighted by atomic mass is 35.5. The minimum atomic E-state index is -0.879. The zero-order valence-corrected chi connectivity index (χ0v) is 18.3. The van der Waals surface area contributed by atoms with Gasteiger partial charge in [-0.1, -0.05) is 54.1 Å². The molecule has 33 heavy (non-hydrogen) atoms. The van der Waals surface area contributed by atoms with Gasteiger partial charge in [0.25, 0.3) is 5.69 Å². The molecule has 1 aromatic heterocycles. The Balaban J connectivity index is 1.84. The van der Waals surface area contributed by atoms with E-state index in [2.05, 4.69) is 0 Å². The number of nitrogens with zero attached hydrogens (tertiary/aromatic N) is 3. The summed E-state index contributed by atoms with van der Waals surface area (Å²) in [5.74, 6) is -0.540. The van der Waals surface area contributed by atoms with E-state index in [4.69, 9.17) is 11.6 Å². The summed E-state index contributed by atoms with van der Waals surface area (Å²) in [4.78, 5) is 49.6. The highest BCUT2D eigenvalue weighted by molar-refractivity contribution is 6.31. The van der Waals surface area contributed by atoms with Gasteiger partial charge in [-0.3, -0.25) is 33.6 Å². The first-order valence-electron chi connectivity index (χ1n) is 10.0. The molecule has 9 heteroatoms. The number of ketones is 1. The molecule has 0 aliphatic heterocycles. The van der Waals surface area contributed by atoms with Gasteiger partial charge < -0.3 is 0 Å². The van der Waals surface area contributed by atoms with Crippen molar-refractivity contribution in [2.24, 2.45) is 0 Å². The summed E-state index contributed by atoms with van der Waals surface area (Å²) in [6, 6.07) is 18.1. The van der Waals surface area contributed by atoms with Crippen LogP contribution in [0.4, 0.5) is 5.69 Å². The summed E-state index contributed by atoms with van der Waals surface area (Å²) in [6.07, 6.45) is 0. The van der Waals surface area contributed by atoms with E-state index in [1.165, 1.54) is 28.8 Å². The lowest BCUT2D eigenvalue weighted by Crippen LogP contribution is -2.42. The Labute approximate surface area is 192 Å². The molecular weight excluding hydrogens is 446 g/mol. The summed E-state index contributed by atoms with van der Waals surface area (Å²) in [5, 5.41) is 11.6. The van der Waals surface area contributed by atoms with Crippen LogP contribution in [0.3, 0.4) is 0 Å². The molecule has 0 unspecified atom stereocenters. The summed E-state index contributed by atoms with van der Waals surface area (Å²) in [7, 11) is 0. The molecule has 8 nitrogen and oxygen atoms in total. The van der Waals surface area contributed by atoms with Crippen molar-refractivity contribution in [3.63, 3.8) is 0 Å². The molecule has 0 spiro atoms. The van der Waals surface area contributed by atoms with Crippen LogP contribution in [-0.4, -0.2) is 19.8 Å². The second-order valence-corrected chi connectivity index (χ2v) is 8.02. The Kier molecular flexibility index (Phi) is 5.93.